The molecule has 1 heterocycles. The summed E-state index contributed by atoms with van der Waals surface area (Å²) in [6.45, 7) is 0.0347. The van der Waals surface area contributed by atoms with Gasteiger partial charge in [0.05, 0.1) is 12.1 Å². The van der Waals surface area contributed by atoms with Crippen LogP contribution in [-0.4, -0.2) is 31.0 Å². The fourth-order valence-electron chi connectivity index (χ4n) is 3.27. The zero-order chi connectivity index (χ0) is 15.6. The van der Waals surface area contributed by atoms with Crippen LogP contribution in [-0.2, 0) is 19.9 Å². The number of anilines is 1. The number of amides is 2. The van der Waals surface area contributed by atoms with Gasteiger partial charge >= 0.3 is 0 Å². The molecule has 0 radical (unpaired) electrons. The van der Waals surface area contributed by atoms with E-state index >= 15 is 0 Å². The highest BCUT2D eigenvalue weighted by Crippen LogP contribution is 2.42. The summed E-state index contributed by atoms with van der Waals surface area (Å²) in [4.78, 5) is 39.9. The van der Waals surface area contributed by atoms with Gasteiger partial charge in [-0.1, -0.05) is 25.0 Å². The number of rotatable bonds is 3. The van der Waals surface area contributed by atoms with Crippen molar-refractivity contribution >= 4 is 23.6 Å². The molecule has 1 aliphatic heterocycles. The molecule has 2 aliphatic rings. The highest BCUT2D eigenvalue weighted by molar-refractivity contribution is 6.04. The minimum Gasteiger partial charge on any atom is -0.345 e. The van der Waals surface area contributed by atoms with E-state index in [-0.39, 0.29) is 24.9 Å². The fraction of sp³-hybridized carbons (Fsp3) is 0.438. The van der Waals surface area contributed by atoms with Gasteiger partial charge in [-0.3, -0.25) is 9.59 Å². The molecule has 6 heteroatoms. The molecule has 6 nitrogen and oxygen atoms in total. The van der Waals surface area contributed by atoms with Crippen LogP contribution in [0.1, 0.15) is 31.2 Å². The van der Waals surface area contributed by atoms with Crippen molar-refractivity contribution in [3.05, 3.63) is 29.8 Å². The summed E-state index contributed by atoms with van der Waals surface area (Å²) in [6, 6.07) is 7.42. The average molecular weight is 299 g/mol. The number of nitrogens with one attached hydrogen (secondary N) is 1. The highest BCUT2D eigenvalue weighted by Gasteiger charge is 2.36. The predicted molar refractivity (Wildman–Crippen MR) is 80.1 cm³/mol. The van der Waals surface area contributed by atoms with E-state index in [4.69, 9.17) is 0 Å². The smallest absolute Gasteiger partial charge is 0.246 e. The largest absolute Gasteiger partial charge is 0.345 e. The van der Waals surface area contributed by atoms with Crippen molar-refractivity contribution in [3.8, 4) is 0 Å². The van der Waals surface area contributed by atoms with Crippen LogP contribution in [0.2, 0.25) is 0 Å². The summed E-state index contributed by atoms with van der Waals surface area (Å²) in [6.07, 6.45) is 5.33. The number of hydrogen-bond acceptors (Lipinski definition) is 4. The van der Waals surface area contributed by atoms with Crippen molar-refractivity contribution in [1.82, 2.24) is 5.32 Å². The molecule has 3 rings (SSSR count). The summed E-state index contributed by atoms with van der Waals surface area (Å²) in [5, 5.41) is 2.53. The summed E-state index contributed by atoms with van der Waals surface area (Å²) < 4.78 is 0. The zero-order valence-electron chi connectivity index (χ0n) is 12.2. The highest BCUT2D eigenvalue weighted by atomic mass is 16.2. The van der Waals surface area contributed by atoms with Crippen molar-refractivity contribution < 1.29 is 14.4 Å². The molecule has 1 saturated heterocycles. The van der Waals surface area contributed by atoms with Crippen LogP contribution < -0.4 is 10.2 Å². The Labute approximate surface area is 128 Å². The molecule has 0 aromatic heterocycles. The second-order valence-corrected chi connectivity index (χ2v) is 5.75. The molecule has 0 spiro atoms. The Hall–Kier alpha value is -2.46. The third-order valence-corrected chi connectivity index (χ3v) is 4.43. The maximum absolute atomic E-state index is 12.0. The number of piperazine rings is 1. The molecule has 22 heavy (non-hydrogen) atoms. The average Bonchev–Trinajstić information content (AvgIpc) is 3.00. The fourth-order valence-corrected chi connectivity index (χ4v) is 3.27. The van der Waals surface area contributed by atoms with Gasteiger partial charge in [0.25, 0.3) is 0 Å². The topological polar surface area (TPSA) is 78.8 Å². The van der Waals surface area contributed by atoms with Gasteiger partial charge in [-0.15, -0.1) is 0 Å². The molecular formula is C16H17N3O3. The van der Waals surface area contributed by atoms with E-state index in [1.54, 1.807) is 12.1 Å². The quantitative estimate of drug-likeness (QED) is 0.674. The minimum atomic E-state index is -0.529. The third-order valence-electron chi connectivity index (χ3n) is 4.43. The maximum atomic E-state index is 12.0. The number of carbonyl (C=O) groups excluding carboxylic acids is 3. The van der Waals surface area contributed by atoms with E-state index in [0.29, 0.717) is 5.69 Å². The lowest BCUT2D eigenvalue weighted by Crippen LogP contribution is -2.51. The lowest BCUT2D eigenvalue weighted by Gasteiger charge is -2.29. The summed E-state index contributed by atoms with van der Waals surface area (Å²) in [7, 11) is 0. The summed E-state index contributed by atoms with van der Waals surface area (Å²) in [5.41, 5.74) is 1.05. The van der Waals surface area contributed by atoms with Gasteiger partial charge in [-0.2, -0.15) is 4.99 Å². The first-order chi connectivity index (χ1) is 10.6. The second-order valence-electron chi connectivity index (χ2n) is 5.75. The molecule has 2 amide bonds. The van der Waals surface area contributed by atoms with Crippen molar-refractivity contribution in [2.75, 3.05) is 18.0 Å². The van der Waals surface area contributed by atoms with Crippen LogP contribution in [0.4, 0.5) is 5.69 Å². The van der Waals surface area contributed by atoms with Crippen molar-refractivity contribution in [2.45, 2.75) is 31.2 Å². The second kappa shape index (κ2) is 5.73. The Morgan fingerprint density at radius 2 is 2.00 bits per heavy atom. The SMILES string of the molecule is O=C=NC1(c2cccc(N3CC(=O)NCC3=O)c2)CCCC1. The van der Waals surface area contributed by atoms with E-state index in [1.807, 2.05) is 18.2 Å². The predicted octanol–water partition coefficient (Wildman–Crippen LogP) is 1.25. The van der Waals surface area contributed by atoms with Crippen LogP contribution in [0.25, 0.3) is 0 Å². The first kappa shape index (κ1) is 14.5. The molecule has 0 atom stereocenters. The Morgan fingerprint density at radius 3 is 2.73 bits per heavy atom. The van der Waals surface area contributed by atoms with Crippen LogP contribution in [0.15, 0.2) is 29.3 Å². The van der Waals surface area contributed by atoms with E-state index in [1.165, 1.54) is 4.90 Å². The molecule has 1 aromatic carbocycles. The van der Waals surface area contributed by atoms with Crippen LogP contribution in [0.5, 0.6) is 0 Å². The van der Waals surface area contributed by atoms with Crippen molar-refractivity contribution in [1.29, 1.82) is 0 Å². The number of carbonyl (C=O) groups is 2. The minimum absolute atomic E-state index is 0.0146. The molecule has 1 saturated carbocycles. The summed E-state index contributed by atoms with van der Waals surface area (Å²) >= 11 is 0. The van der Waals surface area contributed by atoms with Crippen molar-refractivity contribution in [2.24, 2.45) is 4.99 Å². The number of aliphatic imine (C=N–C) groups is 1. The first-order valence-corrected chi connectivity index (χ1v) is 7.41. The van der Waals surface area contributed by atoms with E-state index in [0.717, 1.165) is 31.2 Å². The lowest BCUT2D eigenvalue weighted by molar-refractivity contribution is -0.128. The van der Waals surface area contributed by atoms with Gasteiger partial charge < -0.3 is 10.2 Å². The lowest BCUT2D eigenvalue weighted by atomic mass is 9.88. The molecular weight excluding hydrogens is 282 g/mol. The van der Waals surface area contributed by atoms with Gasteiger partial charge in [-0.25, -0.2) is 4.79 Å². The van der Waals surface area contributed by atoms with Gasteiger partial charge in [-0.05, 0) is 30.5 Å². The normalized spacial score (nSPS) is 20.5. The van der Waals surface area contributed by atoms with Gasteiger partial charge in [0, 0.05) is 5.69 Å². The number of nitrogens with zero attached hydrogens (tertiary/aromatic N) is 2. The van der Waals surface area contributed by atoms with E-state index < -0.39 is 5.54 Å². The molecule has 1 aromatic rings. The number of isocyanates is 1. The Morgan fingerprint density at radius 1 is 1.23 bits per heavy atom. The molecule has 2 fully saturated rings. The zero-order valence-corrected chi connectivity index (χ0v) is 12.2. The Balaban J connectivity index is 1.97. The van der Waals surface area contributed by atoms with Gasteiger partial charge in [0.2, 0.25) is 17.9 Å². The third kappa shape index (κ3) is 2.53. The van der Waals surface area contributed by atoms with E-state index in [2.05, 4.69) is 10.3 Å². The van der Waals surface area contributed by atoms with Gasteiger partial charge in [0.15, 0.2) is 0 Å². The molecule has 1 aliphatic carbocycles. The van der Waals surface area contributed by atoms with Crippen LogP contribution >= 0.6 is 0 Å². The summed E-state index contributed by atoms with van der Waals surface area (Å²) in [5.74, 6) is -0.317. The van der Waals surface area contributed by atoms with E-state index in [9.17, 15) is 14.4 Å². The Kier molecular flexibility index (Phi) is 3.77. The Bertz CT molecular complexity index is 658. The number of hydrogen-bond donors (Lipinski definition) is 1. The molecule has 0 unspecified atom stereocenters. The van der Waals surface area contributed by atoms with Crippen LogP contribution in [0, 0.1) is 0 Å². The first-order valence-electron chi connectivity index (χ1n) is 7.41. The number of benzene rings is 1. The van der Waals surface area contributed by atoms with Gasteiger partial charge in [0.1, 0.15) is 6.54 Å². The molecule has 0 bridgehead atoms. The van der Waals surface area contributed by atoms with Crippen molar-refractivity contribution in [3.63, 3.8) is 0 Å². The van der Waals surface area contributed by atoms with Crippen LogP contribution in [0.3, 0.4) is 0 Å². The molecule has 1 N–H and O–H groups in total. The maximum Gasteiger partial charge on any atom is 0.246 e. The monoisotopic (exact) mass is 299 g/mol. The standard InChI is InChI=1S/C16H17N3O3/c20-11-18-16(6-1-2-7-16)12-4-3-5-13(8-12)19-10-14(21)17-9-15(19)22/h3-5,8H,1-2,6-7,9-10H2,(H,17,21). The molecule has 114 valence electrons.